The van der Waals surface area contributed by atoms with Gasteiger partial charge in [0.15, 0.2) is 0 Å². The van der Waals surface area contributed by atoms with Gasteiger partial charge in [-0.1, -0.05) is 6.07 Å². The Morgan fingerprint density at radius 1 is 1.47 bits per heavy atom. The van der Waals surface area contributed by atoms with E-state index in [2.05, 4.69) is 27.0 Å². The zero-order valence-corrected chi connectivity index (χ0v) is 11.7. The number of pyridine rings is 1. The topological polar surface area (TPSA) is 31.4 Å². The molecule has 1 heterocycles. The molecule has 0 unspecified atom stereocenters. The van der Waals surface area contributed by atoms with Crippen LogP contribution in [0.1, 0.15) is 30.0 Å². The zero-order valence-electron chi connectivity index (χ0n) is 10.1. The second kappa shape index (κ2) is 5.65. The third kappa shape index (κ3) is 3.07. The van der Waals surface area contributed by atoms with E-state index in [9.17, 15) is 0 Å². The maximum Gasteiger partial charge on any atom is 0.217 e. The minimum absolute atomic E-state index is 0.564. The van der Waals surface area contributed by atoms with Crippen molar-refractivity contribution >= 4 is 20.4 Å². The van der Waals surface area contributed by atoms with Crippen molar-refractivity contribution in [3.8, 4) is 5.88 Å². The van der Waals surface area contributed by atoms with Crippen molar-refractivity contribution < 1.29 is 9.47 Å². The van der Waals surface area contributed by atoms with E-state index in [0.29, 0.717) is 12.5 Å². The van der Waals surface area contributed by atoms with Crippen LogP contribution >= 0.6 is 15.9 Å². The monoisotopic (exact) mass is 297 g/mol. The van der Waals surface area contributed by atoms with Crippen LogP contribution in [0, 0.1) is 0 Å². The van der Waals surface area contributed by atoms with Crippen LogP contribution in [0.5, 0.6) is 5.88 Å². The standard InChI is InChI=1S/C13H16BrNO2/c1-16-8-7-11(14)12-6-5-10(9-3-4-9)13(15-12)17-2/h5-7,9H,3-4,8H2,1-2H3/b11-7-. The average molecular weight is 298 g/mol. The Bertz CT molecular complexity index is 427. The molecule has 17 heavy (non-hydrogen) atoms. The van der Waals surface area contributed by atoms with Gasteiger partial charge in [0, 0.05) is 17.2 Å². The summed E-state index contributed by atoms with van der Waals surface area (Å²) in [6, 6.07) is 4.13. The van der Waals surface area contributed by atoms with Crippen LogP contribution in [0.25, 0.3) is 4.48 Å². The van der Waals surface area contributed by atoms with E-state index in [1.807, 2.05) is 12.1 Å². The Morgan fingerprint density at radius 3 is 2.82 bits per heavy atom. The molecule has 0 spiro atoms. The molecule has 1 aliphatic carbocycles. The molecule has 0 atom stereocenters. The average Bonchev–Trinajstić information content (AvgIpc) is 3.19. The van der Waals surface area contributed by atoms with E-state index in [1.54, 1.807) is 14.2 Å². The molecule has 3 nitrogen and oxygen atoms in total. The molecule has 1 saturated carbocycles. The molecular weight excluding hydrogens is 282 g/mol. The first-order valence-electron chi connectivity index (χ1n) is 5.66. The highest BCUT2D eigenvalue weighted by molar-refractivity contribution is 9.15. The van der Waals surface area contributed by atoms with E-state index < -0.39 is 0 Å². The first kappa shape index (κ1) is 12.6. The highest BCUT2D eigenvalue weighted by atomic mass is 79.9. The van der Waals surface area contributed by atoms with E-state index in [0.717, 1.165) is 16.1 Å². The molecule has 0 saturated heterocycles. The van der Waals surface area contributed by atoms with E-state index in [4.69, 9.17) is 9.47 Å². The Balaban J connectivity index is 2.24. The predicted molar refractivity (Wildman–Crippen MR) is 71.5 cm³/mol. The number of ether oxygens (including phenoxy) is 2. The predicted octanol–water partition coefficient (Wildman–Crippen LogP) is 3.35. The van der Waals surface area contributed by atoms with Gasteiger partial charge in [0.25, 0.3) is 0 Å². The summed E-state index contributed by atoms with van der Waals surface area (Å²) in [5.74, 6) is 1.39. The lowest BCUT2D eigenvalue weighted by atomic mass is 10.1. The molecule has 0 radical (unpaired) electrons. The van der Waals surface area contributed by atoms with E-state index in [1.165, 1.54) is 18.4 Å². The van der Waals surface area contributed by atoms with Crippen molar-refractivity contribution in [1.29, 1.82) is 0 Å². The first-order chi connectivity index (χ1) is 8.26. The highest BCUT2D eigenvalue weighted by Gasteiger charge is 2.27. The van der Waals surface area contributed by atoms with Gasteiger partial charge in [-0.2, -0.15) is 0 Å². The molecule has 0 N–H and O–H groups in total. The number of nitrogens with zero attached hydrogens (tertiary/aromatic N) is 1. The Labute approximate surface area is 110 Å². The van der Waals surface area contributed by atoms with Crippen molar-refractivity contribution in [2.75, 3.05) is 20.8 Å². The second-order valence-electron chi connectivity index (χ2n) is 4.08. The van der Waals surface area contributed by atoms with Gasteiger partial charge in [-0.25, -0.2) is 4.98 Å². The van der Waals surface area contributed by atoms with Gasteiger partial charge in [-0.05, 0) is 46.8 Å². The van der Waals surface area contributed by atoms with Gasteiger partial charge in [0.05, 0.1) is 19.4 Å². The fraction of sp³-hybridized carbons (Fsp3) is 0.462. The fourth-order valence-electron chi connectivity index (χ4n) is 1.71. The summed E-state index contributed by atoms with van der Waals surface area (Å²) < 4.78 is 11.3. The summed E-state index contributed by atoms with van der Waals surface area (Å²) in [6.07, 6.45) is 4.44. The van der Waals surface area contributed by atoms with Crippen molar-refractivity contribution in [3.05, 3.63) is 29.5 Å². The number of aromatic nitrogens is 1. The lowest BCUT2D eigenvalue weighted by Crippen LogP contribution is -1.96. The number of rotatable bonds is 5. The van der Waals surface area contributed by atoms with Gasteiger partial charge < -0.3 is 9.47 Å². The SMILES string of the molecule is COC/C=C(\Br)c1ccc(C2CC2)c(OC)n1. The van der Waals surface area contributed by atoms with Gasteiger partial charge in [-0.3, -0.25) is 0 Å². The minimum atomic E-state index is 0.564. The van der Waals surface area contributed by atoms with Crippen molar-refractivity contribution in [1.82, 2.24) is 4.98 Å². The Kier molecular flexibility index (Phi) is 4.18. The van der Waals surface area contributed by atoms with Crippen LogP contribution in [0.2, 0.25) is 0 Å². The van der Waals surface area contributed by atoms with Crippen LogP contribution in [0.15, 0.2) is 18.2 Å². The Morgan fingerprint density at radius 2 is 2.24 bits per heavy atom. The first-order valence-corrected chi connectivity index (χ1v) is 6.45. The van der Waals surface area contributed by atoms with Crippen LogP contribution < -0.4 is 4.74 Å². The normalized spacial score (nSPS) is 16.1. The molecule has 0 bridgehead atoms. The minimum Gasteiger partial charge on any atom is -0.481 e. The summed E-state index contributed by atoms with van der Waals surface area (Å²) in [4.78, 5) is 4.51. The van der Waals surface area contributed by atoms with Crippen molar-refractivity contribution in [2.24, 2.45) is 0 Å². The summed E-state index contributed by atoms with van der Waals surface area (Å²) in [6.45, 7) is 0.564. The summed E-state index contributed by atoms with van der Waals surface area (Å²) in [7, 11) is 3.34. The number of hydrogen-bond acceptors (Lipinski definition) is 3. The lowest BCUT2D eigenvalue weighted by Gasteiger charge is -2.08. The molecule has 4 heteroatoms. The van der Waals surface area contributed by atoms with Gasteiger partial charge >= 0.3 is 0 Å². The molecule has 92 valence electrons. The highest BCUT2D eigenvalue weighted by Crippen LogP contribution is 2.44. The quantitative estimate of drug-likeness (QED) is 0.835. The lowest BCUT2D eigenvalue weighted by molar-refractivity contribution is 0.234. The van der Waals surface area contributed by atoms with Gasteiger partial charge in [0.1, 0.15) is 0 Å². The molecule has 1 aliphatic rings. The third-order valence-electron chi connectivity index (χ3n) is 2.77. The smallest absolute Gasteiger partial charge is 0.217 e. The molecule has 1 aromatic heterocycles. The number of halogens is 1. The zero-order chi connectivity index (χ0) is 12.3. The van der Waals surface area contributed by atoms with Crippen LogP contribution in [0.4, 0.5) is 0 Å². The maximum atomic E-state index is 5.35. The number of hydrogen-bond donors (Lipinski definition) is 0. The second-order valence-corrected chi connectivity index (χ2v) is 4.93. The van der Waals surface area contributed by atoms with E-state index in [-0.39, 0.29) is 0 Å². The number of methoxy groups -OCH3 is 2. The fourth-order valence-corrected chi connectivity index (χ4v) is 2.07. The maximum absolute atomic E-state index is 5.35. The molecule has 2 rings (SSSR count). The van der Waals surface area contributed by atoms with Crippen molar-refractivity contribution in [3.63, 3.8) is 0 Å². The molecule has 1 fully saturated rings. The largest absolute Gasteiger partial charge is 0.481 e. The summed E-state index contributed by atoms with van der Waals surface area (Å²) in [5.41, 5.74) is 2.10. The molecule has 0 aromatic carbocycles. The van der Waals surface area contributed by atoms with Gasteiger partial charge in [-0.15, -0.1) is 0 Å². The van der Waals surface area contributed by atoms with E-state index >= 15 is 0 Å². The third-order valence-corrected chi connectivity index (χ3v) is 3.50. The van der Waals surface area contributed by atoms with Crippen LogP contribution in [0.3, 0.4) is 0 Å². The molecule has 0 aliphatic heterocycles. The Hall–Kier alpha value is -0.870. The molecule has 1 aromatic rings. The van der Waals surface area contributed by atoms with Crippen LogP contribution in [-0.2, 0) is 4.74 Å². The van der Waals surface area contributed by atoms with Gasteiger partial charge in [0.2, 0.25) is 5.88 Å². The summed E-state index contributed by atoms with van der Waals surface area (Å²) in [5, 5.41) is 0. The summed E-state index contributed by atoms with van der Waals surface area (Å²) >= 11 is 3.49. The molecular formula is C13H16BrNO2. The molecule has 0 amide bonds. The van der Waals surface area contributed by atoms with Crippen molar-refractivity contribution in [2.45, 2.75) is 18.8 Å². The van der Waals surface area contributed by atoms with Crippen LogP contribution in [-0.4, -0.2) is 25.8 Å².